The Morgan fingerprint density at radius 3 is 2.69 bits per heavy atom. The van der Waals surface area contributed by atoms with E-state index in [0.29, 0.717) is 13.1 Å². The van der Waals surface area contributed by atoms with Gasteiger partial charge in [-0.25, -0.2) is 0 Å². The van der Waals surface area contributed by atoms with E-state index in [2.05, 4.69) is 0 Å². The normalized spacial score (nSPS) is 20.7. The van der Waals surface area contributed by atoms with Crippen LogP contribution in [-0.2, 0) is 9.59 Å². The van der Waals surface area contributed by atoms with Gasteiger partial charge in [0.15, 0.2) is 0 Å². The molecule has 92 valence electrons. The molecule has 0 aromatic rings. The van der Waals surface area contributed by atoms with Gasteiger partial charge < -0.3 is 9.80 Å². The van der Waals surface area contributed by atoms with E-state index in [1.807, 2.05) is 11.8 Å². The van der Waals surface area contributed by atoms with Crippen LogP contribution >= 0.6 is 11.6 Å². The molecular formula is C11H19ClN2O2. The molecular weight excluding hydrogens is 228 g/mol. The van der Waals surface area contributed by atoms with E-state index < -0.39 is 0 Å². The maximum Gasteiger partial charge on any atom is 0.237 e. The maximum absolute atomic E-state index is 11.5. The second kappa shape index (κ2) is 6.09. The molecule has 1 aliphatic heterocycles. The van der Waals surface area contributed by atoms with Crippen molar-refractivity contribution >= 4 is 23.4 Å². The fraction of sp³-hybridized carbons (Fsp3) is 0.818. The molecule has 0 N–H and O–H groups in total. The standard InChI is InChI=1S/C11H19ClN2O2/c1-3-14(9(2)15)10-5-4-6-13(8-10)11(16)7-12/h10H,3-8H2,1-2H3/t10-/m0/s1. The molecule has 16 heavy (non-hydrogen) atoms. The van der Waals surface area contributed by atoms with Crippen molar-refractivity contribution in [2.45, 2.75) is 32.7 Å². The van der Waals surface area contributed by atoms with Gasteiger partial charge >= 0.3 is 0 Å². The maximum atomic E-state index is 11.5. The number of halogens is 1. The van der Waals surface area contributed by atoms with E-state index in [0.717, 1.165) is 19.4 Å². The number of likely N-dealkylation sites (N-methyl/N-ethyl adjacent to an activating group) is 1. The zero-order chi connectivity index (χ0) is 12.1. The van der Waals surface area contributed by atoms with Gasteiger partial charge in [-0.15, -0.1) is 11.6 Å². The van der Waals surface area contributed by atoms with Crippen LogP contribution in [0, 0.1) is 0 Å². The van der Waals surface area contributed by atoms with Crippen molar-refractivity contribution in [3.05, 3.63) is 0 Å². The van der Waals surface area contributed by atoms with E-state index in [-0.39, 0.29) is 23.7 Å². The minimum atomic E-state index is -0.0361. The van der Waals surface area contributed by atoms with Crippen LogP contribution in [0.1, 0.15) is 26.7 Å². The summed E-state index contributed by atoms with van der Waals surface area (Å²) in [6.45, 7) is 5.62. The molecule has 1 fully saturated rings. The zero-order valence-electron chi connectivity index (χ0n) is 9.91. The number of rotatable bonds is 3. The number of alkyl halides is 1. The number of nitrogens with zero attached hydrogens (tertiary/aromatic N) is 2. The predicted octanol–water partition coefficient (Wildman–Crippen LogP) is 1.08. The highest BCUT2D eigenvalue weighted by Gasteiger charge is 2.27. The third-order valence-electron chi connectivity index (χ3n) is 3.05. The Hall–Kier alpha value is -0.770. The number of hydrogen-bond acceptors (Lipinski definition) is 2. The van der Waals surface area contributed by atoms with Crippen LogP contribution in [0.4, 0.5) is 0 Å². The topological polar surface area (TPSA) is 40.6 Å². The van der Waals surface area contributed by atoms with Crippen LogP contribution in [0.2, 0.25) is 0 Å². The summed E-state index contributed by atoms with van der Waals surface area (Å²) in [5.74, 6) is 0.0671. The summed E-state index contributed by atoms with van der Waals surface area (Å²) in [7, 11) is 0. The van der Waals surface area contributed by atoms with E-state index in [9.17, 15) is 9.59 Å². The summed E-state index contributed by atoms with van der Waals surface area (Å²) in [5, 5.41) is 0. The lowest BCUT2D eigenvalue weighted by molar-refractivity contribution is -0.137. The first-order chi connectivity index (χ1) is 7.60. The van der Waals surface area contributed by atoms with Crippen molar-refractivity contribution in [2.75, 3.05) is 25.5 Å². The van der Waals surface area contributed by atoms with Crippen molar-refractivity contribution < 1.29 is 9.59 Å². The third-order valence-corrected chi connectivity index (χ3v) is 3.28. The van der Waals surface area contributed by atoms with Crippen LogP contribution in [0.5, 0.6) is 0 Å². The molecule has 0 bridgehead atoms. The molecule has 0 aromatic heterocycles. The van der Waals surface area contributed by atoms with Crippen molar-refractivity contribution in [3.8, 4) is 0 Å². The number of carbonyl (C=O) groups is 2. The van der Waals surface area contributed by atoms with Crippen molar-refractivity contribution in [2.24, 2.45) is 0 Å². The number of hydrogen-bond donors (Lipinski definition) is 0. The van der Waals surface area contributed by atoms with Gasteiger partial charge in [0.1, 0.15) is 5.88 Å². The average Bonchev–Trinajstić information content (AvgIpc) is 2.29. The summed E-state index contributed by atoms with van der Waals surface area (Å²) < 4.78 is 0. The van der Waals surface area contributed by atoms with E-state index in [4.69, 9.17) is 11.6 Å². The van der Waals surface area contributed by atoms with E-state index in [1.165, 1.54) is 0 Å². The molecule has 0 aliphatic carbocycles. The molecule has 1 rings (SSSR count). The molecule has 1 heterocycles. The fourth-order valence-corrected chi connectivity index (χ4v) is 2.43. The lowest BCUT2D eigenvalue weighted by Crippen LogP contribution is -2.51. The van der Waals surface area contributed by atoms with Crippen LogP contribution in [0.25, 0.3) is 0 Å². The molecule has 1 saturated heterocycles. The minimum absolute atomic E-state index is 0.0267. The smallest absolute Gasteiger partial charge is 0.237 e. The van der Waals surface area contributed by atoms with Gasteiger partial charge in [-0.05, 0) is 19.8 Å². The molecule has 0 aromatic carbocycles. The Bertz CT molecular complexity index is 271. The molecule has 0 spiro atoms. The average molecular weight is 247 g/mol. The third kappa shape index (κ3) is 3.11. The fourth-order valence-electron chi connectivity index (χ4n) is 2.26. The summed E-state index contributed by atoms with van der Waals surface area (Å²) >= 11 is 5.54. The first-order valence-electron chi connectivity index (χ1n) is 5.71. The predicted molar refractivity (Wildman–Crippen MR) is 63.4 cm³/mol. The van der Waals surface area contributed by atoms with Crippen molar-refractivity contribution in [1.29, 1.82) is 0 Å². The van der Waals surface area contributed by atoms with E-state index >= 15 is 0 Å². The van der Waals surface area contributed by atoms with Gasteiger partial charge in [0.25, 0.3) is 0 Å². The highest BCUT2D eigenvalue weighted by Crippen LogP contribution is 2.16. The monoisotopic (exact) mass is 246 g/mol. The number of piperidine rings is 1. The quantitative estimate of drug-likeness (QED) is 0.700. The van der Waals surface area contributed by atoms with Crippen LogP contribution in [0.3, 0.4) is 0 Å². The van der Waals surface area contributed by atoms with Crippen LogP contribution in [-0.4, -0.2) is 53.2 Å². The van der Waals surface area contributed by atoms with Gasteiger partial charge in [-0.2, -0.15) is 0 Å². The van der Waals surface area contributed by atoms with Gasteiger partial charge in [-0.3, -0.25) is 9.59 Å². The Kier molecular flexibility index (Phi) is 5.06. The van der Waals surface area contributed by atoms with Gasteiger partial charge in [0.05, 0.1) is 0 Å². The Balaban J connectivity index is 2.62. The molecule has 1 atom stereocenters. The number of amides is 2. The molecule has 0 saturated carbocycles. The summed E-state index contributed by atoms with van der Waals surface area (Å²) in [4.78, 5) is 26.5. The SMILES string of the molecule is CCN(C(C)=O)[C@H]1CCCN(C(=O)CCl)C1. The van der Waals surface area contributed by atoms with Crippen LogP contribution < -0.4 is 0 Å². The summed E-state index contributed by atoms with van der Waals surface area (Å²) in [6, 6.07) is 0.156. The molecule has 4 nitrogen and oxygen atoms in total. The van der Waals surface area contributed by atoms with Gasteiger partial charge in [0, 0.05) is 32.6 Å². The lowest BCUT2D eigenvalue weighted by Gasteiger charge is -2.38. The molecule has 1 aliphatic rings. The number of carbonyl (C=O) groups excluding carboxylic acids is 2. The molecule has 5 heteroatoms. The molecule has 0 radical (unpaired) electrons. The Morgan fingerprint density at radius 2 is 2.19 bits per heavy atom. The summed E-state index contributed by atoms with van der Waals surface area (Å²) in [6.07, 6.45) is 1.91. The highest BCUT2D eigenvalue weighted by molar-refractivity contribution is 6.27. The van der Waals surface area contributed by atoms with Crippen molar-refractivity contribution in [1.82, 2.24) is 9.80 Å². The van der Waals surface area contributed by atoms with E-state index in [1.54, 1.807) is 11.8 Å². The molecule has 2 amide bonds. The Labute approximate surface area is 102 Å². The first kappa shape index (κ1) is 13.3. The lowest BCUT2D eigenvalue weighted by atomic mass is 10.0. The van der Waals surface area contributed by atoms with Gasteiger partial charge in [0.2, 0.25) is 11.8 Å². The van der Waals surface area contributed by atoms with Crippen LogP contribution in [0.15, 0.2) is 0 Å². The molecule has 0 unspecified atom stereocenters. The number of likely N-dealkylation sites (tertiary alicyclic amines) is 1. The highest BCUT2D eigenvalue weighted by atomic mass is 35.5. The zero-order valence-corrected chi connectivity index (χ0v) is 10.7. The summed E-state index contributed by atoms with van der Waals surface area (Å²) in [5.41, 5.74) is 0. The minimum Gasteiger partial charge on any atom is -0.340 e. The van der Waals surface area contributed by atoms with Crippen molar-refractivity contribution in [3.63, 3.8) is 0 Å². The second-order valence-corrected chi connectivity index (χ2v) is 4.34. The van der Waals surface area contributed by atoms with Gasteiger partial charge in [-0.1, -0.05) is 0 Å². The first-order valence-corrected chi connectivity index (χ1v) is 6.24. The largest absolute Gasteiger partial charge is 0.340 e. The second-order valence-electron chi connectivity index (χ2n) is 4.07. The Morgan fingerprint density at radius 1 is 1.50 bits per heavy atom.